The maximum Gasteiger partial charge on any atom is 0.191 e. The lowest BCUT2D eigenvalue weighted by atomic mass is 10.0. The third kappa shape index (κ3) is 9.28. The number of aliphatic imine (C=N–C) groups is 1. The van der Waals surface area contributed by atoms with Gasteiger partial charge in [0.1, 0.15) is 0 Å². The summed E-state index contributed by atoms with van der Waals surface area (Å²) in [6, 6.07) is 0. The molecule has 0 heterocycles. The maximum atomic E-state index is 9.03. The average molecular weight is 257 g/mol. The van der Waals surface area contributed by atoms with E-state index in [1.165, 1.54) is 12.8 Å². The molecule has 4 nitrogen and oxygen atoms in total. The summed E-state index contributed by atoms with van der Waals surface area (Å²) >= 11 is 0. The van der Waals surface area contributed by atoms with Crippen molar-refractivity contribution in [1.29, 1.82) is 0 Å². The number of rotatable bonds is 10. The number of aliphatic hydroxyl groups excluding tert-OH is 1. The summed E-state index contributed by atoms with van der Waals surface area (Å²) in [5.74, 6) is 1.41. The molecule has 3 N–H and O–H groups in total. The van der Waals surface area contributed by atoms with Gasteiger partial charge in [0.05, 0.1) is 0 Å². The van der Waals surface area contributed by atoms with E-state index in [9.17, 15) is 0 Å². The van der Waals surface area contributed by atoms with Crippen LogP contribution >= 0.6 is 0 Å². The number of aliphatic hydroxyl groups is 1. The van der Waals surface area contributed by atoms with Crippen molar-refractivity contribution in [3.63, 3.8) is 0 Å². The Hall–Kier alpha value is -0.770. The molecule has 0 radical (unpaired) electrons. The summed E-state index contributed by atoms with van der Waals surface area (Å²) in [6.07, 6.45) is 5.50. The van der Waals surface area contributed by atoms with Crippen molar-refractivity contribution in [2.75, 3.05) is 26.2 Å². The number of hydrogen-bond donors (Lipinski definition) is 3. The summed E-state index contributed by atoms with van der Waals surface area (Å²) < 4.78 is 0. The van der Waals surface area contributed by atoms with Crippen LogP contribution < -0.4 is 10.6 Å². The molecule has 18 heavy (non-hydrogen) atoms. The minimum Gasteiger partial charge on any atom is -0.396 e. The predicted molar refractivity (Wildman–Crippen MR) is 79.0 cm³/mol. The molecule has 0 fully saturated rings. The zero-order valence-electron chi connectivity index (χ0n) is 12.3. The second-order valence-electron chi connectivity index (χ2n) is 4.67. The normalized spacial score (nSPS) is 13.4. The Labute approximate surface area is 112 Å². The molecule has 0 aliphatic heterocycles. The van der Waals surface area contributed by atoms with Crippen molar-refractivity contribution < 1.29 is 5.11 Å². The molecular formula is C14H31N3O. The van der Waals surface area contributed by atoms with Crippen LogP contribution in [0.1, 0.15) is 52.9 Å². The topological polar surface area (TPSA) is 56.7 Å². The summed E-state index contributed by atoms with van der Waals surface area (Å²) in [5, 5.41) is 15.6. The molecule has 1 atom stereocenters. The molecule has 0 saturated heterocycles. The highest BCUT2D eigenvalue weighted by atomic mass is 16.3. The zero-order valence-corrected chi connectivity index (χ0v) is 12.3. The Balaban J connectivity index is 4.15. The van der Waals surface area contributed by atoms with Crippen LogP contribution in [0.3, 0.4) is 0 Å². The van der Waals surface area contributed by atoms with E-state index in [-0.39, 0.29) is 6.61 Å². The van der Waals surface area contributed by atoms with Gasteiger partial charge in [-0.2, -0.15) is 0 Å². The van der Waals surface area contributed by atoms with Gasteiger partial charge >= 0.3 is 0 Å². The fourth-order valence-electron chi connectivity index (χ4n) is 1.86. The molecule has 0 rings (SSSR count). The summed E-state index contributed by atoms with van der Waals surface area (Å²) in [5.41, 5.74) is 0. The first-order valence-corrected chi connectivity index (χ1v) is 7.41. The Bertz CT molecular complexity index is 201. The molecule has 0 saturated carbocycles. The monoisotopic (exact) mass is 257 g/mol. The largest absolute Gasteiger partial charge is 0.396 e. The van der Waals surface area contributed by atoms with E-state index in [1.54, 1.807) is 0 Å². The van der Waals surface area contributed by atoms with Gasteiger partial charge in [-0.25, -0.2) is 0 Å². The number of hydrogen-bond acceptors (Lipinski definition) is 2. The molecule has 0 aromatic carbocycles. The minimum absolute atomic E-state index is 0.264. The van der Waals surface area contributed by atoms with E-state index in [0.717, 1.165) is 44.9 Å². The molecule has 0 aromatic heterocycles. The number of guanidine groups is 1. The summed E-state index contributed by atoms with van der Waals surface area (Å²) in [7, 11) is 0. The van der Waals surface area contributed by atoms with E-state index < -0.39 is 0 Å². The van der Waals surface area contributed by atoms with Crippen molar-refractivity contribution in [3.8, 4) is 0 Å². The molecule has 0 spiro atoms. The minimum atomic E-state index is 0.264. The lowest BCUT2D eigenvalue weighted by Gasteiger charge is -2.15. The van der Waals surface area contributed by atoms with Crippen molar-refractivity contribution in [2.24, 2.45) is 10.9 Å². The van der Waals surface area contributed by atoms with Gasteiger partial charge in [-0.15, -0.1) is 0 Å². The third-order valence-electron chi connectivity index (χ3n) is 2.91. The lowest BCUT2D eigenvalue weighted by Crippen LogP contribution is -2.38. The van der Waals surface area contributed by atoms with E-state index in [4.69, 9.17) is 5.11 Å². The highest BCUT2D eigenvalue weighted by Gasteiger charge is 2.07. The van der Waals surface area contributed by atoms with E-state index >= 15 is 0 Å². The van der Waals surface area contributed by atoms with Crippen LogP contribution in [0.4, 0.5) is 0 Å². The first-order chi connectivity index (χ1) is 8.78. The quantitative estimate of drug-likeness (QED) is 0.319. The van der Waals surface area contributed by atoms with Crippen molar-refractivity contribution in [2.45, 2.75) is 52.9 Å². The van der Waals surface area contributed by atoms with Crippen LogP contribution in [0.5, 0.6) is 0 Å². The van der Waals surface area contributed by atoms with Crippen LogP contribution in [0.15, 0.2) is 4.99 Å². The third-order valence-corrected chi connectivity index (χ3v) is 2.91. The summed E-state index contributed by atoms with van der Waals surface area (Å²) in [4.78, 5) is 4.61. The fraction of sp³-hybridized carbons (Fsp3) is 0.929. The van der Waals surface area contributed by atoms with Gasteiger partial charge in [-0.1, -0.05) is 26.7 Å². The van der Waals surface area contributed by atoms with E-state index in [2.05, 4.69) is 36.4 Å². The Morgan fingerprint density at radius 2 is 1.89 bits per heavy atom. The SMILES string of the molecule is CCCCNC(=NCC(CCC)CCO)NCC. The van der Waals surface area contributed by atoms with Crippen LogP contribution in [0.25, 0.3) is 0 Å². The predicted octanol–water partition coefficient (Wildman–Crippen LogP) is 2.14. The van der Waals surface area contributed by atoms with Gasteiger partial charge in [-0.05, 0) is 32.1 Å². The Kier molecular flexibility index (Phi) is 12.1. The molecule has 108 valence electrons. The first-order valence-electron chi connectivity index (χ1n) is 7.41. The van der Waals surface area contributed by atoms with Crippen LogP contribution in [-0.2, 0) is 0 Å². The average Bonchev–Trinajstić information content (AvgIpc) is 2.36. The molecule has 0 aliphatic carbocycles. The summed E-state index contributed by atoms with van der Waals surface area (Å²) in [6.45, 7) is 9.37. The van der Waals surface area contributed by atoms with Gasteiger partial charge < -0.3 is 15.7 Å². The van der Waals surface area contributed by atoms with Gasteiger partial charge in [0, 0.05) is 26.2 Å². The maximum absolute atomic E-state index is 9.03. The smallest absolute Gasteiger partial charge is 0.191 e. The highest BCUT2D eigenvalue weighted by Crippen LogP contribution is 2.10. The number of unbranched alkanes of at least 4 members (excludes halogenated alkanes) is 1. The second kappa shape index (κ2) is 12.7. The fourth-order valence-corrected chi connectivity index (χ4v) is 1.86. The van der Waals surface area contributed by atoms with Crippen LogP contribution in [0.2, 0.25) is 0 Å². The Morgan fingerprint density at radius 3 is 2.44 bits per heavy atom. The van der Waals surface area contributed by atoms with Crippen LogP contribution in [-0.4, -0.2) is 37.3 Å². The number of nitrogens with one attached hydrogen (secondary N) is 2. The second-order valence-corrected chi connectivity index (χ2v) is 4.67. The van der Waals surface area contributed by atoms with Crippen molar-refractivity contribution in [1.82, 2.24) is 10.6 Å². The molecule has 1 unspecified atom stereocenters. The standard InChI is InChI=1S/C14H31N3O/c1-4-7-10-16-14(15-6-3)17-12-13(8-5-2)9-11-18/h13,18H,4-12H2,1-3H3,(H2,15,16,17). The molecule has 0 aromatic rings. The lowest BCUT2D eigenvalue weighted by molar-refractivity contribution is 0.253. The molecule has 0 aliphatic rings. The van der Waals surface area contributed by atoms with E-state index in [0.29, 0.717) is 5.92 Å². The molecule has 0 amide bonds. The molecular weight excluding hydrogens is 226 g/mol. The highest BCUT2D eigenvalue weighted by molar-refractivity contribution is 5.79. The van der Waals surface area contributed by atoms with Crippen molar-refractivity contribution in [3.05, 3.63) is 0 Å². The zero-order chi connectivity index (χ0) is 13.6. The van der Waals surface area contributed by atoms with Crippen molar-refractivity contribution >= 4 is 5.96 Å². The number of nitrogens with zero attached hydrogens (tertiary/aromatic N) is 1. The van der Waals surface area contributed by atoms with Gasteiger partial charge in [-0.3, -0.25) is 4.99 Å². The van der Waals surface area contributed by atoms with Gasteiger partial charge in [0.25, 0.3) is 0 Å². The van der Waals surface area contributed by atoms with Gasteiger partial charge in [0.15, 0.2) is 5.96 Å². The Morgan fingerprint density at radius 1 is 1.11 bits per heavy atom. The van der Waals surface area contributed by atoms with E-state index in [1.807, 2.05) is 0 Å². The van der Waals surface area contributed by atoms with Gasteiger partial charge in [0.2, 0.25) is 0 Å². The van der Waals surface area contributed by atoms with Crippen LogP contribution in [0, 0.1) is 5.92 Å². The molecule has 0 bridgehead atoms. The first kappa shape index (κ1) is 17.2. The molecule has 4 heteroatoms.